The Balaban J connectivity index is 2.07. The van der Waals surface area contributed by atoms with E-state index in [4.69, 9.17) is 16.0 Å². The molecule has 0 aliphatic heterocycles. The van der Waals surface area contributed by atoms with Gasteiger partial charge in [-0.05, 0) is 18.2 Å². The molecule has 2 rings (SSSR count). The minimum absolute atomic E-state index is 0.455. The molecule has 1 heterocycles. The third-order valence-electron chi connectivity index (χ3n) is 1.93. The molecular formula is C10H9BrClN3O. The van der Waals surface area contributed by atoms with E-state index in [1.165, 1.54) is 0 Å². The van der Waals surface area contributed by atoms with Crippen LogP contribution in [0.4, 0.5) is 5.69 Å². The zero-order valence-electron chi connectivity index (χ0n) is 8.50. The molecular weight excluding hydrogens is 293 g/mol. The van der Waals surface area contributed by atoms with Crippen molar-refractivity contribution < 1.29 is 4.42 Å². The molecule has 0 saturated carbocycles. The second kappa shape index (κ2) is 4.84. The summed E-state index contributed by atoms with van der Waals surface area (Å²) in [5, 5.41) is 11.4. The number of hydrogen-bond donors (Lipinski definition) is 1. The van der Waals surface area contributed by atoms with Crippen LogP contribution in [-0.4, -0.2) is 10.2 Å². The number of benzene rings is 1. The van der Waals surface area contributed by atoms with E-state index < -0.39 is 0 Å². The van der Waals surface area contributed by atoms with E-state index in [9.17, 15) is 0 Å². The number of rotatable bonds is 3. The second-order valence-corrected chi connectivity index (χ2v) is 4.52. The van der Waals surface area contributed by atoms with Crippen LogP contribution < -0.4 is 5.32 Å². The monoisotopic (exact) mass is 301 g/mol. The zero-order valence-corrected chi connectivity index (χ0v) is 10.8. The second-order valence-electron chi connectivity index (χ2n) is 3.19. The highest BCUT2D eigenvalue weighted by Gasteiger charge is 2.04. The van der Waals surface area contributed by atoms with Crippen LogP contribution in [0, 0.1) is 6.92 Å². The van der Waals surface area contributed by atoms with E-state index in [2.05, 4.69) is 31.4 Å². The molecule has 1 aromatic heterocycles. The van der Waals surface area contributed by atoms with Crippen molar-refractivity contribution >= 4 is 33.2 Å². The fourth-order valence-corrected chi connectivity index (χ4v) is 1.76. The van der Waals surface area contributed by atoms with Crippen molar-refractivity contribution in [2.45, 2.75) is 13.5 Å². The zero-order chi connectivity index (χ0) is 11.5. The molecule has 0 bridgehead atoms. The van der Waals surface area contributed by atoms with Crippen molar-refractivity contribution in [1.82, 2.24) is 10.2 Å². The van der Waals surface area contributed by atoms with Crippen molar-refractivity contribution in [2.75, 3.05) is 5.32 Å². The first-order valence-electron chi connectivity index (χ1n) is 4.63. The van der Waals surface area contributed by atoms with Crippen molar-refractivity contribution in [1.29, 1.82) is 0 Å². The summed E-state index contributed by atoms with van der Waals surface area (Å²) in [7, 11) is 0. The molecule has 0 saturated heterocycles. The van der Waals surface area contributed by atoms with E-state index in [1.54, 1.807) is 6.92 Å². The summed E-state index contributed by atoms with van der Waals surface area (Å²) < 4.78 is 6.20. The van der Waals surface area contributed by atoms with Crippen LogP contribution >= 0.6 is 27.5 Å². The Morgan fingerprint density at radius 1 is 1.44 bits per heavy atom. The van der Waals surface area contributed by atoms with Gasteiger partial charge in [0.05, 0.1) is 17.3 Å². The van der Waals surface area contributed by atoms with E-state index in [0.717, 1.165) is 10.2 Å². The Labute approximate surface area is 106 Å². The molecule has 1 N–H and O–H groups in total. The fraction of sp³-hybridized carbons (Fsp3) is 0.200. The fourth-order valence-electron chi connectivity index (χ4n) is 1.21. The number of halogens is 2. The SMILES string of the molecule is Cc1nnc(CNc2cc(Br)ccc2Cl)o1. The molecule has 0 radical (unpaired) electrons. The van der Waals surface area contributed by atoms with Gasteiger partial charge < -0.3 is 9.73 Å². The van der Waals surface area contributed by atoms with Crippen LogP contribution in [0.25, 0.3) is 0 Å². The first kappa shape index (κ1) is 11.4. The van der Waals surface area contributed by atoms with Crippen LogP contribution in [0.1, 0.15) is 11.8 Å². The minimum atomic E-state index is 0.455. The molecule has 0 spiro atoms. The lowest BCUT2D eigenvalue weighted by Gasteiger charge is -2.06. The minimum Gasteiger partial charge on any atom is -0.424 e. The quantitative estimate of drug-likeness (QED) is 0.944. The maximum atomic E-state index is 6.02. The Morgan fingerprint density at radius 2 is 2.25 bits per heavy atom. The third kappa shape index (κ3) is 2.74. The van der Waals surface area contributed by atoms with Gasteiger partial charge in [-0.2, -0.15) is 0 Å². The predicted molar refractivity (Wildman–Crippen MR) is 65.5 cm³/mol. The topological polar surface area (TPSA) is 51.0 Å². The number of anilines is 1. The van der Waals surface area contributed by atoms with Crippen molar-refractivity contribution in [3.05, 3.63) is 39.5 Å². The molecule has 0 amide bonds. The summed E-state index contributed by atoms with van der Waals surface area (Å²) in [6, 6.07) is 5.59. The van der Waals surface area contributed by atoms with Crippen molar-refractivity contribution in [3.63, 3.8) is 0 Å². The Kier molecular flexibility index (Phi) is 3.46. The number of nitrogens with zero attached hydrogens (tertiary/aromatic N) is 2. The maximum Gasteiger partial charge on any atom is 0.235 e. The first-order valence-corrected chi connectivity index (χ1v) is 5.80. The molecule has 84 valence electrons. The standard InChI is InChI=1S/C10H9BrClN3O/c1-6-14-15-10(16-6)5-13-9-4-7(11)2-3-8(9)12/h2-4,13H,5H2,1H3. The Morgan fingerprint density at radius 3 is 2.94 bits per heavy atom. The van der Waals surface area contributed by atoms with Crippen LogP contribution in [0.15, 0.2) is 27.1 Å². The number of nitrogens with one attached hydrogen (secondary N) is 1. The highest BCUT2D eigenvalue weighted by Crippen LogP contribution is 2.25. The van der Waals surface area contributed by atoms with Gasteiger partial charge in [0.15, 0.2) is 0 Å². The molecule has 16 heavy (non-hydrogen) atoms. The predicted octanol–water partition coefficient (Wildman–Crippen LogP) is 3.41. The van der Waals surface area contributed by atoms with Crippen molar-refractivity contribution in [2.24, 2.45) is 0 Å². The lowest BCUT2D eigenvalue weighted by molar-refractivity contribution is 0.475. The van der Waals surface area contributed by atoms with Crippen LogP contribution in [-0.2, 0) is 6.54 Å². The number of aromatic nitrogens is 2. The highest BCUT2D eigenvalue weighted by atomic mass is 79.9. The Hall–Kier alpha value is -1.07. The van der Waals surface area contributed by atoms with Gasteiger partial charge in [-0.1, -0.05) is 27.5 Å². The van der Waals surface area contributed by atoms with E-state index in [-0.39, 0.29) is 0 Å². The van der Waals surface area contributed by atoms with Gasteiger partial charge in [-0.15, -0.1) is 10.2 Å². The Bertz CT molecular complexity index is 501. The third-order valence-corrected chi connectivity index (χ3v) is 2.75. The van der Waals surface area contributed by atoms with E-state index in [1.807, 2.05) is 18.2 Å². The smallest absolute Gasteiger partial charge is 0.235 e. The summed E-state index contributed by atoms with van der Waals surface area (Å²) in [4.78, 5) is 0. The lowest BCUT2D eigenvalue weighted by atomic mass is 10.3. The maximum absolute atomic E-state index is 6.02. The molecule has 0 unspecified atom stereocenters. The van der Waals surface area contributed by atoms with Gasteiger partial charge in [-0.25, -0.2) is 0 Å². The average molecular weight is 303 g/mol. The molecule has 1 aromatic carbocycles. The summed E-state index contributed by atoms with van der Waals surface area (Å²) in [5.41, 5.74) is 0.826. The number of hydrogen-bond acceptors (Lipinski definition) is 4. The summed E-state index contributed by atoms with van der Waals surface area (Å²) in [6.07, 6.45) is 0. The molecule has 2 aromatic rings. The first-order chi connectivity index (χ1) is 7.65. The molecule has 4 nitrogen and oxygen atoms in total. The summed E-state index contributed by atoms with van der Waals surface area (Å²) in [5.74, 6) is 1.09. The van der Waals surface area contributed by atoms with Gasteiger partial charge >= 0.3 is 0 Å². The molecule has 0 atom stereocenters. The molecule has 0 aliphatic carbocycles. The van der Waals surface area contributed by atoms with Gasteiger partial charge in [0.2, 0.25) is 11.8 Å². The van der Waals surface area contributed by atoms with Gasteiger partial charge in [-0.3, -0.25) is 0 Å². The van der Waals surface area contributed by atoms with Crippen LogP contribution in [0.5, 0.6) is 0 Å². The van der Waals surface area contributed by atoms with E-state index >= 15 is 0 Å². The van der Waals surface area contributed by atoms with Gasteiger partial charge in [0, 0.05) is 11.4 Å². The highest BCUT2D eigenvalue weighted by molar-refractivity contribution is 9.10. The summed E-state index contributed by atoms with van der Waals surface area (Å²) >= 11 is 9.39. The van der Waals surface area contributed by atoms with E-state index in [0.29, 0.717) is 23.3 Å². The van der Waals surface area contributed by atoms with Gasteiger partial charge in [0.1, 0.15) is 0 Å². The largest absolute Gasteiger partial charge is 0.424 e. The van der Waals surface area contributed by atoms with Gasteiger partial charge in [0.25, 0.3) is 0 Å². The molecule has 6 heteroatoms. The molecule has 0 aliphatic rings. The lowest BCUT2D eigenvalue weighted by Crippen LogP contribution is -2.00. The van der Waals surface area contributed by atoms with Crippen LogP contribution in [0.2, 0.25) is 5.02 Å². The van der Waals surface area contributed by atoms with Crippen molar-refractivity contribution in [3.8, 4) is 0 Å². The molecule has 0 fully saturated rings. The number of aryl methyl sites for hydroxylation is 1. The average Bonchev–Trinajstić information content (AvgIpc) is 2.66. The normalized spacial score (nSPS) is 10.4. The summed E-state index contributed by atoms with van der Waals surface area (Å²) in [6.45, 7) is 2.21. The van der Waals surface area contributed by atoms with Crippen LogP contribution in [0.3, 0.4) is 0 Å².